The van der Waals surface area contributed by atoms with E-state index in [2.05, 4.69) is 15.5 Å². The van der Waals surface area contributed by atoms with Gasteiger partial charge < -0.3 is 16.2 Å². The fraction of sp³-hybridized carbons (Fsp3) is 0.0667. The summed E-state index contributed by atoms with van der Waals surface area (Å²) in [5, 5.41) is 20.8. The molecule has 21 heavy (non-hydrogen) atoms. The van der Waals surface area contributed by atoms with Crippen LogP contribution < -0.4 is 11.1 Å². The molecule has 2 aromatic carbocycles. The molecule has 0 radical (unpaired) electrons. The minimum absolute atomic E-state index is 0.0224. The molecule has 0 saturated heterocycles. The Balaban J connectivity index is 1.85. The lowest BCUT2D eigenvalue weighted by atomic mass is 10.0. The van der Waals surface area contributed by atoms with Crippen molar-refractivity contribution < 1.29 is 9.90 Å². The first-order valence-corrected chi connectivity index (χ1v) is 6.43. The predicted octanol–water partition coefficient (Wildman–Crippen LogP) is 1.78. The van der Waals surface area contributed by atoms with E-state index < -0.39 is 0 Å². The summed E-state index contributed by atoms with van der Waals surface area (Å²) < 4.78 is 0. The highest BCUT2D eigenvalue weighted by molar-refractivity contribution is 6.03. The molecule has 0 aliphatic carbocycles. The van der Waals surface area contributed by atoms with Gasteiger partial charge in [0.2, 0.25) is 0 Å². The molecule has 1 amide bonds. The number of benzene rings is 2. The molecule has 106 valence electrons. The number of phenolic OH excluding ortho intramolecular Hbond substituents is 1. The van der Waals surface area contributed by atoms with Crippen LogP contribution in [0.3, 0.4) is 0 Å². The average Bonchev–Trinajstić information content (AvgIpc) is 2.91. The summed E-state index contributed by atoms with van der Waals surface area (Å²) in [6.45, 7) is 0.243. The largest absolute Gasteiger partial charge is 0.506 e. The molecule has 0 spiro atoms. The smallest absolute Gasteiger partial charge is 0.255 e. The van der Waals surface area contributed by atoms with Crippen molar-refractivity contribution in [1.82, 2.24) is 15.5 Å². The summed E-state index contributed by atoms with van der Waals surface area (Å²) in [6.07, 6.45) is 1.55. The molecule has 5 N–H and O–H groups in total. The van der Waals surface area contributed by atoms with Crippen molar-refractivity contribution in [2.24, 2.45) is 0 Å². The number of nitrogens with two attached hydrogens (primary N) is 1. The van der Waals surface area contributed by atoms with Gasteiger partial charge in [0, 0.05) is 17.5 Å². The van der Waals surface area contributed by atoms with Crippen molar-refractivity contribution in [3.8, 4) is 5.75 Å². The summed E-state index contributed by atoms with van der Waals surface area (Å²) in [7, 11) is 0. The van der Waals surface area contributed by atoms with Gasteiger partial charge in [-0.3, -0.25) is 9.89 Å². The Morgan fingerprint density at radius 2 is 2.10 bits per heavy atom. The molecule has 1 aromatic heterocycles. The Bertz CT molecular complexity index is 810. The fourth-order valence-electron chi connectivity index (χ4n) is 2.17. The van der Waals surface area contributed by atoms with Crippen LogP contribution in [0.2, 0.25) is 0 Å². The van der Waals surface area contributed by atoms with Gasteiger partial charge in [0.1, 0.15) is 11.6 Å². The molecule has 3 rings (SSSR count). The second-order valence-corrected chi connectivity index (χ2v) is 4.67. The van der Waals surface area contributed by atoms with E-state index in [0.717, 1.165) is 5.39 Å². The Kier molecular flexibility index (Phi) is 3.19. The number of aromatic nitrogens is 2. The summed E-state index contributed by atoms with van der Waals surface area (Å²) in [5.41, 5.74) is 6.58. The van der Waals surface area contributed by atoms with E-state index in [4.69, 9.17) is 5.73 Å². The number of amides is 1. The Labute approximate surface area is 120 Å². The third-order valence-corrected chi connectivity index (χ3v) is 3.34. The quantitative estimate of drug-likeness (QED) is 0.587. The van der Waals surface area contributed by atoms with Gasteiger partial charge in [-0.1, -0.05) is 30.3 Å². The van der Waals surface area contributed by atoms with Crippen molar-refractivity contribution in [1.29, 1.82) is 0 Å². The molecule has 0 unspecified atom stereocenters. The number of H-pyrrole nitrogens is 1. The Hall–Kier alpha value is -3.02. The molecule has 0 saturated carbocycles. The van der Waals surface area contributed by atoms with Gasteiger partial charge in [0.15, 0.2) is 0 Å². The van der Waals surface area contributed by atoms with Crippen molar-refractivity contribution >= 4 is 22.5 Å². The molecule has 0 fully saturated rings. The standard InChI is InChI=1S/C15H14N4O2/c16-14-10(8-18-19-14)7-17-15(21)12-6-5-9-3-1-2-4-11(9)13(12)20/h1-6,8,20H,7H2,(H,17,21)(H3,16,18,19). The Morgan fingerprint density at radius 1 is 1.29 bits per heavy atom. The van der Waals surface area contributed by atoms with Gasteiger partial charge in [-0.05, 0) is 11.5 Å². The van der Waals surface area contributed by atoms with Crippen LogP contribution in [-0.2, 0) is 6.54 Å². The van der Waals surface area contributed by atoms with Crippen LogP contribution >= 0.6 is 0 Å². The fourth-order valence-corrected chi connectivity index (χ4v) is 2.17. The zero-order valence-corrected chi connectivity index (χ0v) is 11.1. The highest BCUT2D eigenvalue weighted by Gasteiger charge is 2.14. The van der Waals surface area contributed by atoms with Crippen LogP contribution in [0.4, 0.5) is 5.82 Å². The summed E-state index contributed by atoms with van der Waals surface area (Å²) in [5.74, 6) is 0.0302. The highest BCUT2D eigenvalue weighted by atomic mass is 16.3. The summed E-state index contributed by atoms with van der Waals surface area (Å²) in [4.78, 5) is 12.2. The molecule has 6 heteroatoms. The van der Waals surface area contributed by atoms with E-state index in [1.165, 1.54) is 0 Å². The second kappa shape index (κ2) is 5.16. The highest BCUT2D eigenvalue weighted by Crippen LogP contribution is 2.28. The lowest BCUT2D eigenvalue weighted by molar-refractivity contribution is 0.0948. The van der Waals surface area contributed by atoms with E-state index >= 15 is 0 Å². The molecule has 0 atom stereocenters. The number of nitrogens with one attached hydrogen (secondary N) is 2. The van der Waals surface area contributed by atoms with Gasteiger partial charge in [-0.2, -0.15) is 5.10 Å². The number of fused-ring (bicyclic) bond motifs is 1. The number of carbonyl (C=O) groups is 1. The third kappa shape index (κ3) is 2.38. The SMILES string of the molecule is Nc1[nH]ncc1CNC(=O)c1ccc2ccccc2c1O. The minimum Gasteiger partial charge on any atom is -0.506 e. The van der Waals surface area contributed by atoms with Gasteiger partial charge in [-0.25, -0.2) is 0 Å². The van der Waals surface area contributed by atoms with Crippen molar-refractivity contribution in [3.05, 3.63) is 53.7 Å². The van der Waals surface area contributed by atoms with Crippen LogP contribution in [0.15, 0.2) is 42.6 Å². The lowest BCUT2D eigenvalue weighted by Gasteiger charge is -2.08. The number of hydrogen-bond donors (Lipinski definition) is 4. The first kappa shape index (κ1) is 13.0. The zero-order valence-electron chi connectivity index (χ0n) is 11.1. The summed E-state index contributed by atoms with van der Waals surface area (Å²) in [6, 6.07) is 10.7. The molecule has 0 aliphatic rings. The number of aromatic amines is 1. The average molecular weight is 282 g/mol. The third-order valence-electron chi connectivity index (χ3n) is 3.34. The van der Waals surface area contributed by atoms with E-state index in [1.807, 2.05) is 18.2 Å². The van der Waals surface area contributed by atoms with Crippen molar-refractivity contribution in [2.45, 2.75) is 6.54 Å². The van der Waals surface area contributed by atoms with Gasteiger partial charge in [-0.15, -0.1) is 0 Å². The maximum absolute atomic E-state index is 12.2. The predicted molar refractivity (Wildman–Crippen MR) is 79.8 cm³/mol. The first-order chi connectivity index (χ1) is 10.2. The topological polar surface area (TPSA) is 104 Å². The van der Waals surface area contributed by atoms with Crippen LogP contribution in [0, 0.1) is 0 Å². The first-order valence-electron chi connectivity index (χ1n) is 6.43. The number of phenols is 1. The number of aromatic hydroxyl groups is 1. The Morgan fingerprint density at radius 3 is 2.86 bits per heavy atom. The molecule has 3 aromatic rings. The number of rotatable bonds is 3. The van der Waals surface area contributed by atoms with E-state index in [-0.39, 0.29) is 23.8 Å². The number of nitrogen functional groups attached to an aromatic ring is 1. The monoisotopic (exact) mass is 282 g/mol. The lowest BCUT2D eigenvalue weighted by Crippen LogP contribution is -2.23. The van der Waals surface area contributed by atoms with Crippen LogP contribution in [0.5, 0.6) is 5.75 Å². The molecule has 6 nitrogen and oxygen atoms in total. The van der Waals surface area contributed by atoms with Crippen LogP contribution in [0.25, 0.3) is 10.8 Å². The zero-order chi connectivity index (χ0) is 14.8. The van der Waals surface area contributed by atoms with Crippen molar-refractivity contribution in [2.75, 3.05) is 5.73 Å². The number of nitrogens with zero attached hydrogens (tertiary/aromatic N) is 1. The summed E-state index contributed by atoms with van der Waals surface area (Å²) >= 11 is 0. The van der Waals surface area contributed by atoms with Crippen molar-refractivity contribution in [3.63, 3.8) is 0 Å². The van der Waals surface area contributed by atoms with E-state index in [9.17, 15) is 9.90 Å². The molecule has 0 bridgehead atoms. The number of hydrogen-bond acceptors (Lipinski definition) is 4. The molecule has 0 aliphatic heterocycles. The molecular weight excluding hydrogens is 268 g/mol. The van der Waals surface area contributed by atoms with Crippen LogP contribution in [-0.4, -0.2) is 21.2 Å². The van der Waals surface area contributed by atoms with Gasteiger partial charge in [0.25, 0.3) is 5.91 Å². The maximum atomic E-state index is 12.2. The molecular formula is C15H14N4O2. The molecule has 1 heterocycles. The minimum atomic E-state index is -0.362. The maximum Gasteiger partial charge on any atom is 0.255 e. The number of anilines is 1. The van der Waals surface area contributed by atoms with Gasteiger partial charge in [0.05, 0.1) is 11.8 Å². The van der Waals surface area contributed by atoms with E-state index in [1.54, 1.807) is 24.4 Å². The number of carbonyl (C=O) groups excluding carboxylic acids is 1. The van der Waals surface area contributed by atoms with Crippen LogP contribution in [0.1, 0.15) is 15.9 Å². The normalized spacial score (nSPS) is 10.7. The van der Waals surface area contributed by atoms with E-state index in [0.29, 0.717) is 16.8 Å². The second-order valence-electron chi connectivity index (χ2n) is 4.67. The van der Waals surface area contributed by atoms with Gasteiger partial charge >= 0.3 is 0 Å².